The molecule has 3 amide bonds. The minimum atomic E-state index is -0.706. The maximum Gasteiger partial charge on any atom is 0.295 e. The summed E-state index contributed by atoms with van der Waals surface area (Å²) in [5.74, 6) is -1.45. The van der Waals surface area contributed by atoms with Gasteiger partial charge in [-0.2, -0.15) is 0 Å². The lowest BCUT2D eigenvalue weighted by molar-refractivity contribution is 0.0403. The van der Waals surface area contributed by atoms with Crippen LogP contribution >= 0.6 is 0 Å². The summed E-state index contributed by atoms with van der Waals surface area (Å²) in [7, 11) is 1.48. The van der Waals surface area contributed by atoms with Crippen LogP contribution in [0.4, 0.5) is 0 Å². The van der Waals surface area contributed by atoms with Crippen LogP contribution in [0.2, 0.25) is 0 Å². The summed E-state index contributed by atoms with van der Waals surface area (Å²) in [5, 5.41) is 0.668. The molecule has 7 nitrogen and oxygen atoms in total. The predicted octanol–water partition coefficient (Wildman–Crippen LogP) is 3.15. The molecule has 0 aliphatic carbocycles. The molecule has 0 saturated carbocycles. The predicted molar refractivity (Wildman–Crippen MR) is 111 cm³/mol. The number of benzene rings is 3. The first-order valence-electron chi connectivity index (χ1n) is 9.15. The Morgan fingerprint density at radius 1 is 0.833 bits per heavy atom. The summed E-state index contributed by atoms with van der Waals surface area (Å²) in [6.07, 6.45) is 0. The fourth-order valence-corrected chi connectivity index (χ4v) is 2.59. The van der Waals surface area contributed by atoms with E-state index in [1.165, 1.54) is 13.2 Å². The van der Waals surface area contributed by atoms with Gasteiger partial charge >= 0.3 is 0 Å². The number of amides is 3. The fraction of sp³-hybridized carbons (Fsp3) is 0.0870. The molecule has 1 radical (unpaired) electrons. The van der Waals surface area contributed by atoms with Crippen LogP contribution in [0, 0.1) is 6.92 Å². The van der Waals surface area contributed by atoms with E-state index in [1.54, 1.807) is 72.8 Å². The number of carbonyl (C=O) groups excluding carboxylic acids is 3. The van der Waals surface area contributed by atoms with Gasteiger partial charge in [0.25, 0.3) is 17.7 Å². The molecule has 0 fully saturated rings. The normalized spacial score (nSPS) is 10.1. The van der Waals surface area contributed by atoms with Crippen molar-refractivity contribution in [3.63, 3.8) is 0 Å². The topological polar surface area (TPSA) is 89.8 Å². The number of hydrogen-bond acceptors (Lipinski definition) is 4. The Hall–Kier alpha value is -4.13. The highest BCUT2D eigenvalue weighted by Crippen LogP contribution is 2.13. The van der Waals surface area contributed by atoms with Crippen molar-refractivity contribution < 1.29 is 19.1 Å². The Balaban J connectivity index is 1.86. The molecule has 0 aliphatic heterocycles. The van der Waals surface area contributed by atoms with E-state index in [9.17, 15) is 14.4 Å². The van der Waals surface area contributed by atoms with Gasteiger partial charge in [0.2, 0.25) is 0 Å². The van der Waals surface area contributed by atoms with Crippen LogP contribution in [0.15, 0.2) is 78.9 Å². The van der Waals surface area contributed by atoms with E-state index in [2.05, 4.69) is 10.9 Å². The maximum atomic E-state index is 13.0. The second-order valence-corrected chi connectivity index (χ2v) is 6.43. The van der Waals surface area contributed by atoms with E-state index >= 15 is 0 Å². The molecule has 3 aromatic rings. The first kappa shape index (κ1) is 20.6. The van der Waals surface area contributed by atoms with Gasteiger partial charge in [0.15, 0.2) is 0 Å². The first-order chi connectivity index (χ1) is 14.5. The van der Waals surface area contributed by atoms with E-state index in [1.807, 2.05) is 6.92 Å². The van der Waals surface area contributed by atoms with Crippen LogP contribution < -0.4 is 15.6 Å². The van der Waals surface area contributed by atoms with Crippen molar-refractivity contribution in [2.45, 2.75) is 6.92 Å². The number of hydrogen-bond donors (Lipinski definition) is 1. The maximum absolute atomic E-state index is 13.0. The number of hydrazine groups is 1. The Morgan fingerprint density at radius 3 is 2.17 bits per heavy atom. The number of nitrogens with zero attached hydrogens (tertiary/aromatic N) is 2. The molecule has 7 heteroatoms. The smallest absolute Gasteiger partial charge is 0.295 e. The quantitative estimate of drug-likeness (QED) is 0.679. The van der Waals surface area contributed by atoms with Crippen LogP contribution in [0.25, 0.3) is 0 Å². The molecular weight excluding hydrogens is 382 g/mol. The largest absolute Gasteiger partial charge is 0.497 e. The Labute approximate surface area is 174 Å². The molecule has 151 valence electrons. The summed E-state index contributed by atoms with van der Waals surface area (Å²) in [5.41, 5.74) is 8.02. The lowest BCUT2D eigenvalue weighted by atomic mass is 10.1. The zero-order chi connectivity index (χ0) is 21.5. The summed E-state index contributed by atoms with van der Waals surface area (Å²) in [6.45, 7) is 1.89. The molecule has 0 bridgehead atoms. The van der Waals surface area contributed by atoms with Crippen LogP contribution in [0.1, 0.15) is 36.6 Å². The molecule has 1 N–H and O–H groups in total. The lowest BCUT2D eigenvalue weighted by Gasteiger charge is -2.21. The number of ether oxygens (including phenoxy) is 1. The van der Waals surface area contributed by atoms with Gasteiger partial charge in [-0.25, -0.2) is 5.43 Å². The Kier molecular flexibility index (Phi) is 6.44. The second-order valence-electron chi connectivity index (χ2n) is 6.43. The Bertz CT molecular complexity index is 1050. The highest BCUT2D eigenvalue weighted by atomic mass is 16.5. The number of aryl methyl sites for hydroxylation is 1. The van der Waals surface area contributed by atoms with Gasteiger partial charge < -0.3 is 4.74 Å². The minimum Gasteiger partial charge on any atom is -0.497 e. The highest BCUT2D eigenvalue weighted by molar-refractivity contribution is 6.01. The molecule has 0 spiro atoms. The monoisotopic (exact) mass is 402 g/mol. The molecule has 3 rings (SSSR count). The molecule has 0 unspecified atom stereocenters. The van der Waals surface area contributed by atoms with Gasteiger partial charge in [0, 0.05) is 16.7 Å². The number of nitrogens with one attached hydrogen (secondary N) is 1. The molecule has 0 aromatic heterocycles. The molecule has 0 atom stereocenters. The van der Waals surface area contributed by atoms with Crippen LogP contribution in [0.5, 0.6) is 5.75 Å². The molecular formula is C23H20N3O4. The average Bonchev–Trinajstić information content (AvgIpc) is 2.79. The summed E-state index contributed by atoms with van der Waals surface area (Å²) < 4.78 is 5.12. The van der Waals surface area contributed by atoms with Crippen molar-refractivity contribution in [2.75, 3.05) is 7.11 Å². The van der Waals surface area contributed by atoms with E-state index in [0.29, 0.717) is 16.4 Å². The minimum absolute atomic E-state index is 0.213. The zero-order valence-electron chi connectivity index (χ0n) is 16.5. The third-order valence-corrected chi connectivity index (χ3v) is 4.24. The van der Waals surface area contributed by atoms with E-state index < -0.39 is 17.7 Å². The van der Waals surface area contributed by atoms with E-state index in [-0.39, 0.29) is 11.1 Å². The number of rotatable bonds is 4. The second kappa shape index (κ2) is 9.38. The standard InChI is InChI=1S/C23H20N3O4/c1-16-11-13-18(14-12-16)23(29)26(24-21(27)17-7-4-3-5-8-17)25-22(28)19-9-6-10-20(15-19)30-2/h3-15H,1-2H3,(H,24,27). The van der Waals surface area contributed by atoms with Crippen molar-refractivity contribution in [3.8, 4) is 5.75 Å². The summed E-state index contributed by atoms with van der Waals surface area (Å²) in [4.78, 5) is 38.2. The third kappa shape index (κ3) is 5.02. The average molecular weight is 402 g/mol. The summed E-state index contributed by atoms with van der Waals surface area (Å²) in [6, 6.07) is 21.4. The van der Waals surface area contributed by atoms with E-state index in [4.69, 9.17) is 4.74 Å². The van der Waals surface area contributed by atoms with Crippen LogP contribution in [-0.2, 0) is 0 Å². The van der Waals surface area contributed by atoms with Gasteiger partial charge in [-0.1, -0.05) is 42.0 Å². The van der Waals surface area contributed by atoms with Gasteiger partial charge in [-0.05, 0) is 49.4 Å². The molecule has 0 saturated heterocycles. The van der Waals surface area contributed by atoms with Crippen molar-refractivity contribution >= 4 is 17.7 Å². The third-order valence-electron chi connectivity index (χ3n) is 4.24. The van der Waals surface area contributed by atoms with Crippen molar-refractivity contribution in [1.29, 1.82) is 0 Å². The van der Waals surface area contributed by atoms with Crippen molar-refractivity contribution in [3.05, 3.63) is 101 Å². The van der Waals surface area contributed by atoms with Crippen LogP contribution in [0.3, 0.4) is 0 Å². The van der Waals surface area contributed by atoms with Gasteiger partial charge in [0.1, 0.15) is 5.75 Å². The van der Waals surface area contributed by atoms with Gasteiger partial charge in [-0.3, -0.25) is 14.4 Å². The lowest BCUT2D eigenvalue weighted by Crippen LogP contribution is -2.52. The molecule has 0 aliphatic rings. The van der Waals surface area contributed by atoms with Crippen LogP contribution in [-0.4, -0.2) is 29.9 Å². The van der Waals surface area contributed by atoms with Gasteiger partial charge in [-0.15, -0.1) is 10.5 Å². The molecule has 3 aromatic carbocycles. The van der Waals surface area contributed by atoms with E-state index in [0.717, 1.165) is 5.56 Å². The van der Waals surface area contributed by atoms with Gasteiger partial charge in [0.05, 0.1) is 7.11 Å². The Morgan fingerprint density at radius 2 is 1.50 bits per heavy atom. The summed E-state index contributed by atoms with van der Waals surface area (Å²) >= 11 is 0. The number of carbonyl (C=O) groups is 3. The first-order valence-corrected chi connectivity index (χ1v) is 9.15. The van der Waals surface area contributed by atoms with Crippen molar-refractivity contribution in [1.82, 2.24) is 16.0 Å². The fourth-order valence-electron chi connectivity index (χ4n) is 2.59. The zero-order valence-corrected chi connectivity index (χ0v) is 16.5. The molecule has 30 heavy (non-hydrogen) atoms. The SMILES string of the molecule is COc1cccc(C(=O)[N]N(NC(=O)c2ccccc2)C(=O)c2ccc(C)cc2)c1. The van der Waals surface area contributed by atoms with Crippen molar-refractivity contribution in [2.24, 2.45) is 0 Å². The highest BCUT2D eigenvalue weighted by Gasteiger charge is 2.24. The number of methoxy groups -OCH3 is 1. The molecule has 0 heterocycles.